The van der Waals surface area contributed by atoms with Crippen molar-refractivity contribution in [1.82, 2.24) is 4.98 Å². The molecule has 9 heteroatoms. The molecule has 5 rings (SSSR count). The average molecular weight is 475 g/mol. The van der Waals surface area contributed by atoms with Gasteiger partial charge in [0.2, 0.25) is 5.91 Å². The third kappa shape index (κ3) is 4.98. The van der Waals surface area contributed by atoms with E-state index in [2.05, 4.69) is 29.2 Å². The molecule has 3 amide bonds. The van der Waals surface area contributed by atoms with Crippen LogP contribution in [0.1, 0.15) is 6.92 Å². The number of carbonyl (C=O) groups excluding carboxylic acids is 2. The maximum absolute atomic E-state index is 14.6. The van der Waals surface area contributed by atoms with E-state index in [1.54, 1.807) is 18.2 Å². The largest absolute Gasteiger partial charge is 0.493 e. The van der Waals surface area contributed by atoms with E-state index >= 15 is 0 Å². The van der Waals surface area contributed by atoms with Gasteiger partial charge in [-0.05, 0) is 41.5 Å². The number of pyridine rings is 1. The van der Waals surface area contributed by atoms with Crippen molar-refractivity contribution in [2.45, 2.75) is 6.92 Å². The monoisotopic (exact) mass is 475 g/mol. The van der Waals surface area contributed by atoms with Crippen LogP contribution in [-0.2, 0) is 4.79 Å². The standard InChI is InChI=1S/C20H18FN3O5.C6H4/c1-11(25)24(20(22)26)12-4-5-17(14(21)8-12)29-16-6-7-23-15-10-19(28-3)18(27-2)9-13(15)16;1-2-5-4-6(5)3-1/h4-10H,1-3H3,(H2,22,26);1-4H. The quantitative estimate of drug-likeness (QED) is 0.371. The zero-order valence-electron chi connectivity index (χ0n) is 19.2. The van der Waals surface area contributed by atoms with Crippen molar-refractivity contribution in [3.8, 4) is 34.1 Å². The summed E-state index contributed by atoms with van der Waals surface area (Å²) >= 11 is 0. The summed E-state index contributed by atoms with van der Waals surface area (Å²) in [7, 11) is 3.01. The zero-order valence-corrected chi connectivity index (χ0v) is 19.2. The molecule has 2 N–H and O–H groups in total. The fraction of sp³-hybridized carbons (Fsp3) is 0.115. The van der Waals surface area contributed by atoms with Crippen LogP contribution in [0.15, 0.2) is 66.9 Å². The Bertz CT molecular complexity index is 1410. The Morgan fingerprint density at radius 3 is 2.09 bits per heavy atom. The van der Waals surface area contributed by atoms with E-state index < -0.39 is 17.8 Å². The maximum atomic E-state index is 14.6. The minimum absolute atomic E-state index is 0.000780. The van der Waals surface area contributed by atoms with Crippen LogP contribution in [0.2, 0.25) is 0 Å². The van der Waals surface area contributed by atoms with E-state index in [0.29, 0.717) is 33.1 Å². The van der Waals surface area contributed by atoms with Gasteiger partial charge in [-0.3, -0.25) is 9.78 Å². The molecule has 0 fully saturated rings. The number of rotatable bonds is 5. The highest BCUT2D eigenvalue weighted by Crippen LogP contribution is 2.38. The first-order chi connectivity index (χ1) is 16.8. The van der Waals surface area contributed by atoms with E-state index in [1.807, 2.05) is 0 Å². The van der Waals surface area contributed by atoms with Gasteiger partial charge < -0.3 is 19.9 Å². The molecule has 0 radical (unpaired) electrons. The summed E-state index contributed by atoms with van der Waals surface area (Å²) in [6.07, 6.45) is 1.51. The number of fused-ring (bicyclic) bond motifs is 2. The molecule has 35 heavy (non-hydrogen) atoms. The van der Waals surface area contributed by atoms with Crippen LogP contribution in [-0.4, -0.2) is 31.1 Å². The third-order valence-corrected chi connectivity index (χ3v) is 5.25. The number of halogens is 1. The average Bonchev–Trinajstić information content (AvgIpc) is 3.44. The number of ether oxygens (including phenoxy) is 3. The number of methoxy groups -OCH3 is 2. The number of anilines is 1. The van der Waals surface area contributed by atoms with Crippen LogP contribution in [0.25, 0.3) is 22.0 Å². The fourth-order valence-electron chi connectivity index (χ4n) is 3.51. The van der Waals surface area contributed by atoms with Gasteiger partial charge in [0.15, 0.2) is 23.1 Å². The molecular weight excluding hydrogens is 453 g/mol. The molecule has 0 spiro atoms. The lowest BCUT2D eigenvalue weighted by atomic mass is 10.1. The number of amides is 3. The molecule has 1 aromatic heterocycles. The Hall–Kier alpha value is -4.66. The van der Waals surface area contributed by atoms with Crippen molar-refractivity contribution < 1.29 is 28.2 Å². The van der Waals surface area contributed by atoms with E-state index in [4.69, 9.17) is 19.9 Å². The topological polar surface area (TPSA) is 104 Å². The SMILES string of the molecule is COc1cc2nccc(Oc3ccc(N(C(C)=O)C(N)=O)cc3F)c2cc1OC.c1cc2cc-2c1. The van der Waals surface area contributed by atoms with Gasteiger partial charge in [0.25, 0.3) is 0 Å². The normalized spacial score (nSPS) is 10.6. The predicted octanol–water partition coefficient (Wildman–Crippen LogP) is 5.28. The van der Waals surface area contributed by atoms with Crippen molar-refractivity contribution >= 4 is 28.5 Å². The number of urea groups is 1. The summed E-state index contributed by atoms with van der Waals surface area (Å²) in [6, 6.07) is 16.1. The van der Waals surface area contributed by atoms with Crippen LogP contribution in [0.5, 0.6) is 23.0 Å². The number of imide groups is 1. The first-order valence-electron chi connectivity index (χ1n) is 10.5. The highest BCUT2D eigenvalue weighted by Gasteiger charge is 2.20. The maximum Gasteiger partial charge on any atom is 0.326 e. The molecule has 3 aromatic rings. The minimum Gasteiger partial charge on any atom is -0.493 e. The number of nitrogens with two attached hydrogens (primary N) is 1. The van der Waals surface area contributed by atoms with Gasteiger partial charge in [-0.15, -0.1) is 0 Å². The molecule has 0 atom stereocenters. The Kier molecular flexibility index (Phi) is 6.50. The molecule has 2 aliphatic carbocycles. The number of hydrogen-bond donors (Lipinski definition) is 1. The number of carbonyl (C=O) groups is 2. The molecule has 0 aliphatic heterocycles. The molecule has 178 valence electrons. The molecule has 0 unspecified atom stereocenters. The lowest BCUT2D eigenvalue weighted by Gasteiger charge is -2.17. The van der Waals surface area contributed by atoms with E-state index in [-0.39, 0.29) is 11.4 Å². The van der Waals surface area contributed by atoms with Gasteiger partial charge in [0, 0.05) is 30.6 Å². The van der Waals surface area contributed by atoms with Crippen molar-refractivity contribution in [3.63, 3.8) is 0 Å². The van der Waals surface area contributed by atoms with Gasteiger partial charge in [0.05, 0.1) is 25.4 Å². The first kappa shape index (κ1) is 23.5. The van der Waals surface area contributed by atoms with Crippen molar-refractivity contribution in [2.75, 3.05) is 19.1 Å². The summed E-state index contributed by atoms with van der Waals surface area (Å²) in [4.78, 5) is 27.9. The molecular formula is C26H22FN3O5. The highest BCUT2D eigenvalue weighted by atomic mass is 19.1. The minimum atomic E-state index is -1.01. The second-order valence-electron chi connectivity index (χ2n) is 7.52. The number of benzene rings is 3. The Labute approximate surface area is 200 Å². The molecule has 0 saturated heterocycles. The summed E-state index contributed by atoms with van der Waals surface area (Å²) in [6.45, 7) is 1.15. The van der Waals surface area contributed by atoms with Crippen LogP contribution in [0, 0.1) is 5.82 Å². The van der Waals surface area contributed by atoms with Crippen LogP contribution < -0.4 is 24.8 Å². The Morgan fingerprint density at radius 1 is 0.886 bits per heavy atom. The molecule has 8 nitrogen and oxygen atoms in total. The van der Waals surface area contributed by atoms with Gasteiger partial charge >= 0.3 is 6.03 Å². The molecule has 2 aliphatic rings. The van der Waals surface area contributed by atoms with Gasteiger partial charge in [-0.1, -0.05) is 18.2 Å². The predicted molar refractivity (Wildman–Crippen MR) is 130 cm³/mol. The van der Waals surface area contributed by atoms with Crippen LogP contribution in [0.4, 0.5) is 14.9 Å². The molecule has 1 heterocycles. The summed E-state index contributed by atoms with van der Waals surface area (Å²) in [5, 5.41) is 0.580. The fourth-order valence-corrected chi connectivity index (χ4v) is 3.51. The van der Waals surface area contributed by atoms with Crippen molar-refractivity contribution in [2.24, 2.45) is 5.73 Å². The summed E-state index contributed by atoms with van der Waals surface area (Å²) < 4.78 is 30.9. The number of aromatic nitrogens is 1. The van der Waals surface area contributed by atoms with Gasteiger partial charge in [-0.25, -0.2) is 14.1 Å². The lowest BCUT2D eigenvalue weighted by Crippen LogP contribution is -2.39. The smallest absolute Gasteiger partial charge is 0.326 e. The van der Waals surface area contributed by atoms with E-state index in [9.17, 15) is 14.0 Å². The first-order valence-corrected chi connectivity index (χ1v) is 10.5. The van der Waals surface area contributed by atoms with Gasteiger partial charge in [-0.2, -0.15) is 0 Å². The molecule has 0 saturated carbocycles. The summed E-state index contributed by atoms with van der Waals surface area (Å²) in [5.41, 5.74) is 8.59. The second-order valence-corrected chi connectivity index (χ2v) is 7.52. The number of hydrogen-bond acceptors (Lipinski definition) is 6. The summed E-state index contributed by atoms with van der Waals surface area (Å²) in [5.74, 6) is -0.222. The Balaban J connectivity index is 0.000000411. The van der Waals surface area contributed by atoms with Crippen LogP contribution >= 0.6 is 0 Å². The zero-order chi connectivity index (χ0) is 25.1. The van der Waals surface area contributed by atoms with E-state index in [0.717, 1.165) is 13.0 Å². The Morgan fingerprint density at radius 2 is 1.57 bits per heavy atom. The third-order valence-electron chi connectivity index (χ3n) is 5.25. The molecule has 0 bridgehead atoms. The van der Waals surface area contributed by atoms with Crippen molar-refractivity contribution in [1.29, 1.82) is 0 Å². The number of primary amides is 1. The highest BCUT2D eigenvalue weighted by molar-refractivity contribution is 6.12. The molecule has 2 aromatic carbocycles. The van der Waals surface area contributed by atoms with Crippen LogP contribution in [0.3, 0.4) is 0 Å². The lowest BCUT2D eigenvalue weighted by molar-refractivity contribution is -0.115. The second kappa shape index (κ2) is 9.68. The van der Waals surface area contributed by atoms with Gasteiger partial charge in [0.1, 0.15) is 5.75 Å². The number of nitrogens with zero attached hydrogens (tertiary/aromatic N) is 2. The van der Waals surface area contributed by atoms with E-state index in [1.165, 1.54) is 43.7 Å². The van der Waals surface area contributed by atoms with Crippen molar-refractivity contribution in [3.05, 3.63) is 72.7 Å².